The predicted octanol–water partition coefficient (Wildman–Crippen LogP) is 2.87. The van der Waals surface area contributed by atoms with Gasteiger partial charge in [-0.3, -0.25) is 4.79 Å². The van der Waals surface area contributed by atoms with Gasteiger partial charge in [0, 0.05) is 19.6 Å². The molecule has 146 valence electrons. The van der Waals surface area contributed by atoms with Crippen LogP contribution in [0.2, 0.25) is 0 Å². The third-order valence-electron chi connectivity index (χ3n) is 4.35. The molecule has 0 heterocycles. The summed E-state index contributed by atoms with van der Waals surface area (Å²) in [6, 6.07) is 7.90. The summed E-state index contributed by atoms with van der Waals surface area (Å²) in [6.45, 7) is 6.64. The molecule has 7 heteroatoms. The number of nitriles is 1. The molecule has 0 bridgehead atoms. The highest BCUT2D eigenvalue weighted by atomic mass is 35.5. The second-order valence-electron chi connectivity index (χ2n) is 7.77. The molecule has 2 amide bonds. The van der Waals surface area contributed by atoms with Crippen molar-refractivity contribution < 1.29 is 14.3 Å². The minimum absolute atomic E-state index is 0.0926. The number of ether oxygens (including phenoxy) is 1. The summed E-state index contributed by atoms with van der Waals surface area (Å²) in [5.41, 5.74) is 2.49. The first kappa shape index (κ1) is 21.0. The third-order valence-corrected chi connectivity index (χ3v) is 4.58. The maximum atomic E-state index is 12.2. The Kier molecular flexibility index (Phi) is 7.09. The number of halogens is 1. The predicted molar refractivity (Wildman–Crippen MR) is 104 cm³/mol. The molecule has 1 aromatic carbocycles. The van der Waals surface area contributed by atoms with Gasteiger partial charge in [0.2, 0.25) is 5.91 Å². The summed E-state index contributed by atoms with van der Waals surface area (Å²) < 4.78 is 5.20. The number of nitrogens with one attached hydrogen (secondary N) is 1. The van der Waals surface area contributed by atoms with Gasteiger partial charge in [-0.25, -0.2) is 4.79 Å². The number of benzene rings is 1. The third kappa shape index (κ3) is 6.44. The minimum Gasteiger partial charge on any atom is -0.444 e. The van der Waals surface area contributed by atoms with E-state index in [0.29, 0.717) is 25.2 Å². The van der Waals surface area contributed by atoms with Gasteiger partial charge in [0.25, 0.3) is 0 Å². The standard InChI is InChI=1S/C20H26ClN3O3/c1-20(2,3)27-19(26)23-6-7-24(18(25)11-21)13-15-9-16-5-4-14(12-22)8-17(16)10-15/h4-5,8,15H,6-7,9-11,13H2,1-3H3,(H,23,26)/t15-/m1/s1. The van der Waals surface area contributed by atoms with E-state index < -0.39 is 11.7 Å². The lowest BCUT2D eigenvalue weighted by molar-refractivity contribution is -0.129. The zero-order valence-corrected chi connectivity index (χ0v) is 16.8. The molecule has 0 fully saturated rings. The Morgan fingerprint density at radius 3 is 2.67 bits per heavy atom. The van der Waals surface area contributed by atoms with Gasteiger partial charge in [-0.05, 0) is 62.8 Å². The molecule has 0 saturated carbocycles. The second kappa shape index (κ2) is 9.09. The lowest BCUT2D eigenvalue weighted by Gasteiger charge is -2.26. The van der Waals surface area contributed by atoms with Crippen LogP contribution in [-0.2, 0) is 22.4 Å². The summed E-state index contributed by atoms with van der Waals surface area (Å²) in [5.74, 6) is 0.0315. The Labute approximate surface area is 165 Å². The highest BCUT2D eigenvalue weighted by Gasteiger charge is 2.25. The summed E-state index contributed by atoms with van der Waals surface area (Å²) in [7, 11) is 0. The highest BCUT2D eigenvalue weighted by Crippen LogP contribution is 2.28. The van der Waals surface area contributed by atoms with Crippen molar-refractivity contribution in [3.8, 4) is 6.07 Å². The van der Waals surface area contributed by atoms with Crippen LogP contribution in [-0.4, -0.2) is 48.0 Å². The molecular weight excluding hydrogens is 366 g/mol. The number of rotatable bonds is 6. The van der Waals surface area contributed by atoms with Crippen molar-refractivity contribution in [3.05, 3.63) is 34.9 Å². The first-order valence-corrected chi connectivity index (χ1v) is 9.57. The molecule has 1 N–H and O–H groups in total. The van der Waals surface area contributed by atoms with Gasteiger partial charge in [0.15, 0.2) is 0 Å². The van der Waals surface area contributed by atoms with E-state index in [4.69, 9.17) is 21.6 Å². The number of carbonyl (C=O) groups is 2. The number of fused-ring (bicyclic) bond motifs is 1. The van der Waals surface area contributed by atoms with Gasteiger partial charge in [-0.1, -0.05) is 6.07 Å². The molecule has 0 saturated heterocycles. The van der Waals surface area contributed by atoms with Gasteiger partial charge in [0.05, 0.1) is 11.6 Å². The zero-order valence-electron chi connectivity index (χ0n) is 16.0. The van der Waals surface area contributed by atoms with Crippen LogP contribution in [0.25, 0.3) is 0 Å². The fraction of sp³-hybridized carbons (Fsp3) is 0.550. The van der Waals surface area contributed by atoms with Crippen LogP contribution in [0.5, 0.6) is 0 Å². The molecule has 0 unspecified atom stereocenters. The minimum atomic E-state index is -0.562. The molecule has 1 aliphatic rings. The number of hydrogen-bond acceptors (Lipinski definition) is 4. The first-order valence-electron chi connectivity index (χ1n) is 9.04. The summed E-state index contributed by atoms with van der Waals surface area (Å²) in [5, 5.41) is 11.7. The van der Waals surface area contributed by atoms with Crippen LogP contribution in [0.4, 0.5) is 4.79 Å². The van der Waals surface area contributed by atoms with E-state index in [1.807, 2.05) is 18.2 Å². The van der Waals surface area contributed by atoms with Crippen molar-refractivity contribution >= 4 is 23.6 Å². The molecule has 0 aliphatic heterocycles. The van der Waals surface area contributed by atoms with E-state index in [0.717, 1.165) is 12.8 Å². The van der Waals surface area contributed by atoms with Crippen LogP contribution >= 0.6 is 11.6 Å². The van der Waals surface area contributed by atoms with Crippen LogP contribution in [0.1, 0.15) is 37.5 Å². The monoisotopic (exact) mass is 391 g/mol. The summed E-state index contributed by atoms with van der Waals surface area (Å²) >= 11 is 5.75. The number of alkyl carbamates (subject to hydrolysis) is 1. The Bertz CT molecular complexity index is 737. The maximum absolute atomic E-state index is 12.2. The van der Waals surface area contributed by atoms with Gasteiger partial charge in [-0.15, -0.1) is 11.6 Å². The van der Waals surface area contributed by atoms with Gasteiger partial charge in [0.1, 0.15) is 11.5 Å². The number of hydrogen-bond donors (Lipinski definition) is 1. The van der Waals surface area contributed by atoms with Crippen LogP contribution in [0, 0.1) is 17.2 Å². The van der Waals surface area contributed by atoms with Crippen molar-refractivity contribution in [1.29, 1.82) is 5.26 Å². The largest absolute Gasteiger partial charge is 0.444 e. The Balaban J connectivity index is 1.89. The average Bonchev–Trinajstić information content (AvgIpc) is 2.99. The SMILES string of the molecule is CC(C)(C)OC(=O)NCCN(C[C@@H]1Cc2ccc(C#N)cc2C1)C(=O)CCl. The van der Waals surface area contributed by atoms with Crippen LogP contribution in [0.15, 0.2) is 18.2 Å². The fourth-order valence-corrected chi connectivity index (χ4v) is 3.40. The maximum Gasteiger partial charge on any atom is 0.407 e. The van der Waals surface area contributed by atoms with Gasteiger partial charge in [-0.2, -0.15) is 5.26 Å². The topological polar surface area (TPSA) is 82.4 Å². The quantitative estimate of drug-likeness (QED) is 0.756. The van der Waals surface area contributed by atoms with E-state index in [9.17, 15) is 9.59 Å². The number of nitrogens with zero attached hydrogens (tertiary/aromatic N) is 2. The molecule has 1 atom stereocenters. The van der Waals surface area contributed by atoms with Crippen molar-refractivity contribution in [2.45, 2.75) is 39.2 Å². The highest BCUT2D eigenvalue weighted by molar-refractivity contribution is 6.27. The zero-order chi connectivity index (χ0) is 20.0. The normalized spacial score (nSPS) is 15.6. The summed E-state index contributed by atoms with van der Waals surface area (Å²) in [4.78, 5) is 25.6. The van der Waals surface area contributed by atoms with E-state index in [1.165, 1.54) is 11.1 Å². The molecule has 6 nitrogen and oxygen atoms in total. The van der Waals surface area contributed by atoms with E-state index in [-0.39, 0.29) is 17.7 Å². The molecule has 1 aliphatic carbocycles. The molecular formula is C20H26ClN3O3. The Morgan fingerprint density at radius 2 is 2.04 bits per heavy atom. The lowest BCUT2D eigenvalue weighted by atomic mass is 10.1. The van der Waals surface area contributed by atoms with Gasteiger partial charge >= 0.3 is 6.09 Å². The van der Waals surface area contributed by atoms with Crippen molar-refractivity contribution in [2.75, 3.05) is 25.5 Å². The van der Waals surface area contributed by atoms with E-state index in [1.54, 1.807) is 25.7 Å². The van der Waals surface area contributed by atoms with Crippen molar-refractivity contribution in [2.24, 2.45) is 5.92 Å². The molecule has 0 spiro atoms. The second-order valence-corrected chi connectivity index (χ2v) is 8.04. The lowest BCUT2D eigenvalue weighted by Crippen LogP contribution is -2.42. The fourth-order valence-electron chi connectivity index (χ4n) is 3.23. The van der Waals surface area contributed by atoms with E-state index >= 15 is 0 Å². The number of carbonyl (C=O) groups excluding carboxylic acids is 2. The van der Waals surface area contributed by atoms with Crippen molar-refractivity contribution in [3.63, 3.8) is 0 Å². The molecule has 0 aromatic heterocycles. The van der Waals surface area contributed by atoms with Crippen LogP contribution in [0.3, 0.4) is 0 Å². The van der Waals surface area contributed by atoms with E-state index in [2.05, 4.69) is 11.4 Å². The molecule has 1 aromatic rings. The average molecular weight is 392 g/mol. The molecule has 2 rings (SSSR count). The molecule has 27 heavy (non-hydrogen) atoms. The van der Waals surface area contributed by atoms with Crippen LogP contribution < -0.4 is 5.32 Å². The van der Waals surface area contributed by atoms with Gasteiger partial charge < -0.3 is 15.0 Å². The smallest absolute Gasteiger partial charge is 0.407 e. The first-order chi connectivity index (χ1) is 12.7. The number of amides is 2. The number of alkyl halides is 1. The Hall–Kier alpha value is -2.26. The van der Waals surface area contributed by atoms with Crippen molar-refractivity contribution in [1.82, 2.24) is 10.2 Å². The Morgan fingerprint density at radius 1 is 1.33 bits per heavy atom. The summed E-state index contributed by atoms with van der Waals surface area (Å²) in [6.07, 6.45) is 1.20. The molecule has 0 radical (unpaired) electrons.